The third-order valence-corrected chi connectivity index (χ3v) is 4.94. The Kier molecular flexibility index (Phi) is 5.48. The van der Waals surface area contributed by atoms with Crippen LogP contribution in [0, 0.1) is 0 Å². The minimum Gasteiger partial charge on any atom is -0.480 e. The van der Waals surface area contributed by atoms with Gasteiger partial charge in [-0.1, -0.05) is 30.3 Å². The van der Waals surface area contributed by atoms with Gasteiger partial charge in [0.2, 0.25) is 5.91 Å². The molecule has 0 aromatic heterocycles. The van der Waals surface area contributed by atoms with E-state index in [4.69, 9.17) is 4.74 Å². The lowest BCUT2D eigenvalue weighted by molar-refractivity contribution is -0.153. The molecule has 1 amide bonds. The van der Waals surface area contributed by atoms with Crippen LogP contribution < -0.4 is 0 Å². The van der Waals surface area contributed by atoms with Gasteiger partial charge >= 0.3 is 5.97 Å². The summed E-state index contributed by atoms with van der Waals surface area (Å²) in [6.07, 6.45) is 1.58. The number of hydrogen-bond acceptors (Lipinski definition) is 4. The van der Waals surface area contributed by atoms with Gasteiger partial charge in [-0.3, -0.25) is 9.69 Å². The summed E-state index contributed by atoms with van der Waals surface area (Å²) in [7, 11) is 0. The Bertz CT molecular complexity index is 572. The molecule has 24 heavy (non-hydrogen) atoms. The zero-order chi connectivity index (χ0) is 16.9. The number of aliphatic carboxylic acids is 1. The SMILES string of the molecule is O=C(O)C1CC(N2CCOCC2)CCN1C(=O)Cc1ccccc1. The molecule has 2 heterocycles. The van der Waals surface area contributed by atoms with E-state index in [0.29, 0.717) is 26.2 Å². The first kappa shape index (κ1) is 16.9. The fourth-order valence-corrected chi connectivity index (χ4v) is 3.63. The average Bonchev–Trinajstić information content (AvgIpc) is 2.62. The molecule has 130 valence electrons. The first-order valence-corrected chi connectivity index (χ1v) is 8.53. The van der Waals surface area contributed by atoms with Crippen LogP contribution >= 0.6 is 0 Å². The number of morpholine rings is 1. The first-order valence-electron chi connectivity index (χ1n) is 8.53. The van der Waals surface area contributed by atoms with Crippen LogP contribution in [0.3, 0.4) is 0 Å². The lowest BCUT2D eigenvalue weighted by Gasteiger charge is -2.43. The van der Waals surface area contributed by atoms with Gasteiger partial charge in [-0.2, -0.15) is 0 Å². The Morgan fingerprint density at radius 1 is 1.12 bits per heavy atom. The second-order valence-corrected chi connectivity index (χ2v) is 6.43. The highest BCUT2D eigenvalue weighted by molar-refractivity contribution is 5.85. The Morgan fingerprint density at radius 2 is 1.83 bits per heavy atom. The molecule has 0 spiro atoms. The largest absolute Gasteiger partial charge is 0.480 e. The Balaban J connectivity index is 1.65. The highest BCUT2D eigenvalue weighted by Gasteiger charge is 2.38. The summed E-state index contributed by atoms with van der Waals surface area (Å²) in [6.45, 7) is 3.59. The van der Waals surface area contributed by atoms with E-state index >= 15 is 0 Å². The summed E-state index contributed by atoms with van der Waals surface area (Å²) >= 11 is 0. The van der Waals surface area contributed by atoms with Gasteiger partial charge in [-0.05, 0) is 18.4 Å². The van der Waals surface area contributed by atoms with Crippen LogP contribution in [0.5, 0.6) is 0 Å². The van der Waals surface area contributed by atoms with Crippen LogP contribution in [-0.2, 0) is 20.7 Å². The lowest BCUT2D eigenvalue weighted by atomic mass is 9.94. The van der Waals surface area contributed by atoms with E-state index in [2.05, 4.69) is 4.90 Å². The number of carboxylic acid groups (broad SMARTS) is 1. The summed E-state index contributed by atoms with van der Waals surface area (Å²) in [6, 6.07) is 8.97. The van der Waals surface area contributed by atoms with E-state index in [-0.39, 0.29) is 18.4 Å². The van der Waals surface area contributed by atoms with E-state index in [9.17, 15) is 14.7 Å². The molecule has 0 aliphatic carbocycles. The number of ether oxygens (including phenoxy) is 1. The molecule has 1 N–H and O–H groups in total. The van der Waals surface area contributed by atoms with Gasteiger partial charge in [0, 0.05) is 25.7 Å². The number of benzene rings is 1. The van der Waals surface area contributed by atoms with Gasteiger partial charge in [0.1, 0.15) is 6.04 Å². The molecule has 2 atom stereocenters. The Labute approximate surface area is 142 Å². The van der Waals surface area contributed by atoms with Gasteiger partial charge < -0.3 is 14.7 Å². The van der Waals surface area contributed by atoms with Crippen LogP contribution in [0.2, 0.25) is 0 Å². The van der Waals surface area contributed by atoms with Crippen LogP contribution in [0.15, 0.2) is 30.3 Å². The van der Waals surface area contributed by atoms with Crippen molar-refractivity contribution in [2.45, 2.75) is 31.3 Å². The van der Waals surface area contributed by atoms with Gasteiger partial charge in [-0.15, -0.1) is 0 Å². The van der Waals surface area contributed by atoms with Crippen molar-refractivity contribution in [3.63, 3.8) is 0 Å². The molecule has 3 rings (SSSR count). The Morgan fingerprint density at radius 3 is 2.50 bits per heavy atom. The normalized spacial score (nSPS) is 25.4. The maximum Gasteiger partial charge on any atom is 0.326 e. The van der Waals surface area contributed by atoms with E-state index < -0.39 is 12.0 Å². The summed E-state index contributed by atoms with van der Waals surface area (Å²) < 4.78 is 5.37. The van der Waals surface area contributed by atoms with Crippen molar-refractivity contribution in [2.24, 2.45) is 0 Å². The minimum atomic E-state index is -0.908. The molecular formula is C18H24N2O4. The number of piperidine rings is 1. The molecule has 6 heteroatoms. The maximum atomic E-state index is 12.6. The minimum absolute atomic E-state index is 0.103. The molecular weight excluding hydrogens is 308 g/mol. The van der Waals surface area contributed by atoms with Crippen molar-refractivity contribution in [3.8, 4) is 0 Å². The smallest absolute Gasteiger partial charge is 0.326 e. The van der Waals surface area contributed by atoms with Crippen molar-refractivity contribution in [2.75, 3.05) is 32.8 Å². The molecule has 0 bridgehead atoms. The van der Waals surface area contributed by atoms with Crippen molar-refractivity contribution in [1.29, 1.82) is 0 Å². The van der Waals surface area contributed by atoms with E-state index in [1.807, 2.05) is 30.3 Å². The molecule has 6 nitrogen and oxygen atoms in total. The second-order valence-electron chi connectivity index (χ2n) is 6.43. The number of hydrogen-bond donors (Lipinski definition) is 1. The molecule has 1 aromatic carbocycles. The number of carboxylic acids is 1. The third-order valence-electron chi connectivity index (χ3n) is 4.94. The van der Waals surface area contributed by atoms with Crippen molar-refractivity contribution >= 4 is 11.9 Å². The van der Waals surface area contributed by atoms with E-state index in [1.54, 1.807) is 4.90 Å². The van der Waals surface area contributed by atoms with Gasteiger partial charge in [0.05, 0.1) is 19.6 Å². The van der Waals surface area contributed by atoms with Gasteiger partial charge in [0.15, 0.2) is 0 Å². The molecule has 2 aliphatic rings. The number of rotatable bonds is 4. The lowest BCUT2D eigenvalue weighted by Crippen LogP contribution is -2.56. The van der Waals surface area contributed by atoms with Crippen LogP contribution in [0.4, 0.5) is 0 Å². The van der Waals surface area contributed by atoms with Crippen molar-refractivity contribution in [3.05, 3.63) is 35.9 Å². The number of likely N-dealkylation sites (tertiary alicyclic amines) is 1. The van der Waals surface area contributed by atoms with Crippen molar-refractivity contribution < 1.29 is 19.4 Å². The summed E-state index contributed by atoms with van der Waals surface area (Å²) in [5, 5.41) is 9.60. The van der Waals surface area contributed by atoms with Crippen LogP contribution in [0.1, 0.15) is 18.4 Å². The molecule has 2 fully saturated rings. The molecule has 0 saturated carbocycles. The maximum absolute atomic E-state index is 12.6. The predicted molar refractivity (Wildman–Crippen MR) is 88.7 cm³/mol. The first-order chi connectivity index (χ1) is 11.6. The van der Waals surface area contributed by atoms with E-state index in [0.717, 1.165) is 25.1 Å². The average molecular weight is 332 g/mol. The van der Waals surface area contributed by atoms with Gasteiger partial charge in [0.25, 0.3) is 0 Å². The fourth-order valence-electron chi connectivity index (χ4n) is 3.63. The van der Waals surface area contributed by atoms with Crippen molar-refractivity contribution in [1.82, 2.24) is 9.80 Å². The monoisotopic (exact) mass is 332 g/mol. The topological polar surface area (TPSA) is 70.1 Å². The number of carbonyl (C=O) groups excluding carboxylic acids is 1. The zero-order valence-corrected chi connectivity index (χ0v) is 13.8. The molecule has 0 radical (unpaired) electrons. The summed E-state index contributed by atoms with van der Waals surface area (Å²) in [5.74, 6) is -1.01. The highest BCUT2D eigenvalue weighted by atomic mass is 16.5. The molecule has 2 saturated heterocycles. The van der Waals surface area contributed by atoms with Crippen LogP contribution in [0.25, 0.3) is 0 Å². The Hall–Kier alpha value is -1.92. The second kappa shape index (κ2) is 7.77. The molecule has 1 aromatic rings. The third kappa shape index (κ3) is 3.94. The standard InChI is InChI=1S/C18H24N2O4/c21-17(12-14-4-2-1-3-5-14)20-7-6-15(13-16(20)18(22)23)19-8-10-24-11-9-19/h1-5,15-16H,6-13H2,(H,22,23). The van der Waals surface area contributed by atoms with Gasteiger partial charge in [-0.25, -0.2) is 4.79 Å². The summed E-state index contributed by atoms with van der Waals surface area (Å²) in [4.78, 5) is 28.2. The number of carbonyl (C=O) groups is 2. The fraction of sp³-hybridized carbons (Fsp3) is 0.556. The predicted octanol–water partition coefficient (Wildman–Crippen LogP) is 1.01. The highest BCUT2D eigenvalue weighted by Crippen LogP contribution is 2.24. The molecule has 2 aliphatic heterocycles. The van der Waals surface area contributed by atoms with E-state index in [1.165, 1.54) is 0 Å². The zero-order valence-electron chi connectivity index (χ0n) is 13.8. The number of amides is 1. The van der Waals surface area contributed by atoms with Crippen LogP contribution in [-0.4, -0.2) is 71.7 Å². The number of nitrogens with zero attached hydrogens (tertiary/aromatic N) is 2. The summed E-state index contributed by atoms with van der Waals surface area (Å²) in [5.41, 5.74) is 0.918. The quantitative estimate of drug-likeness (QED) is 0.891. The molecule has 2 unspecified atom stereocenters.